The van der Waals surface area contributed by atoms with Crippen molar-refractivity contribution in [2.75, 3.05) is 0 Å². The Bertz CT molecular complexity index is 1610. The molecule has 0 bridgehead atoms. The Morgan fingerprint density at radius 3 is 1.93 bits per heavy atom. The van der Waals surface area contributed by atoms with E-state index < -0.39 is 29.9 Å². The molecule has 220 valence electrons. The van der Waals surface area contributed by atoms with E-state index in [4.69, 9.17) is 31.7 Å². The lowest BCUT2D eigenvalue weighted by Crippen LogP contribution is -2.23. The van der Waals surface area contributed by atoms with Gasteiger partial charge >= 0.3 is 17.9 Å². The molecule has 0 aliphatic heterocycles. The molecule has 5 N–H and O–H groups in total. The number of para-hydroxylation sites is 2. The fourth-order valence-electron chi connectivity index (χ4n) is 4.19. The molecule has 42 heavy (non-hydrogen) atoms. The summed E-state index contributed by atoms with van der Waals surface area (Å²) in [6, 6.07) is 24.4. The SMILES string of the molecule is CCC(C(=O)O)c1cc2ccccc2[nH]1.Cc1cc(Cl)ccc1OC(C)C(=O)O.O=C(O)Cc1cc2ccccc2[nH]1. The van der Waals surface area contributed by atoms with Crippen LogP contribution in [0.5, 0.6) is 5.75 Å². The molecule has 2 aromatic heterocycles. The lowest BCUT2D eigenvalue weighted by molar-refractivity contribution is -0.144. The zero-order valence-corrected chi connectivity index (χ0v) is 24.2. The van der Waals surface area contributed by atoms with Gasteiger partial charge in [0.05, 0.1) is 12.3 Å². The predicted octanol–water partition coefficient (Wildman–Crippen LogP) is 7.04. The Labute approximate surface area is 247 Å². The molecule has 0 amide bonds. The maximum Gasteiger partial charge on any atom is 0.344 e. The molecule has 0 saturated heterocycles. The van der Waals surface area contributed by atoms with E-state index in [0.29, 0.717) is 17.2 Å². The number of carboxylic acid groups (broad SMARTS) is 3. The first-order chi connectivity index (χ1) is 20.0. The van der Waals surface area contributed by atoms with E-state index in [-0.39, 0.29) is 6.42 Å². The summed E-state index contributed by atoms with van der Waals surface area (Å²) in [5.41, 5.74) is 4.33. The Morgan fingerprint density at radius 1 is 0.833 bits per heavy atom. The fourth-order valence-corrected chi connectivity index (χ4v) is 4.42. The summed E-state index contributed by atoms with van der Waals surface area (Å²) < 4.78 is 5.20. The van der Waals surface area contributed by atoms with Gasteiger partial charge in [0.1, 0.15) is 5.75 Å². The summed E-state index contributed by atoms with van der Waals surface area (Å²) in [6.07, 6.45) is -0.202. The standard InChI is InChI=1S/C12H13NO2.C10H11ClO3.C10H9NO2/c1-2-9(12(14)15)11-7-8-5-3-4-6-10(8)13-11;1-6-5-8(11)3-4-9(6)14-7(2)10(12)13;12-10(13)6-8-5-7-3-1-2-4-9(7)11-8/h3-7,9,13H,2H2,1H3,(H,14,15);3-5,7H,1-2H3,(H,12,13);1-5,11H,6H2,(H,12,13). The van der Waals surface area contributed by atoms with Gasteiger partial charge in [-0.25, -0.2) is 4.79 Å². The van der Waals surface area contributed by atoms with Crippen LogP contribution in [0.4, 0.5) is 0 Å². The molecule has 0 spiro atoms. The molecule has 5 aromatic rings. The minimum absolute atomic E-state index is 0.0503. The topological polar surface area (TPSA) is 153 Å². The minimum atomic E-state index is -0.987. The van der Waals surface area contributed by atoms with Gasteiger partial charge in [-0.3, -0.25) is 9.59 Å². The number of carbonyl (C=O) groups is 3. The van der Waals surface area contributed by atoms with E-state index in [1.54, 1.807) is 18.2 Å². The van der Waals surface area contributed by atoms with Crippen LogP contribution < -0.4 is 4.74 Å². The van der Waals surface area contributed by atoms with E-state index in [1.807, 2.05) is 74.5 Å². The van der Waals surface area contributed by atoms with Gasteiger partial charge in [-0.1, -0.05) is 54.9 Å². The fraction of sp³-hybridized carbons (Fsp3) is 0.219. The molecule has 3 aromatic carbocycles. The number of aliphatic carboxylic acids is 3. The van der Waals surface area contributed by atoms with E-state index in [1.165, 1.54) is 6.92 Å². The smallest absolute Gasteiger partial charge is 0.344 e. The predicted molar refractivity (Wildman–Crippen MR) is 163 cm³/mol. The zero-order valence-electron chi connectivity index (χ0n) is 23.4. The Hall–Kier alpha value is -4.76. The Morgan fingerprint density at radius 2 is 1.43 bits per heavy atom. The van der Waals surface area contributed by atoms with Crippen molar-refractivity contribution in [3.05, 3.63) is 101 Å². The summed E-state index contributed by atoms with van der Waals surface area (Å²) >= 11 is 5.74. The van der Waals surface area contributed by atoms with Crippen molar-refractivity contribution in [1.82, 2.24) is 9.97 Å². The summed E-state index contributed by atoms with van der Waals surface area (Å²) in [4.78, 5) is 38.1. The summed E-state index contributed by atoms with van der Waals surface area (Å²) in [5.74, 6) is -2.46. The third-order valence-electron chi connectivity index (χ3n) is 6.35. The first-order valence-electron chi connectivity index (χ1n) is 13.2. The second kappa shape index (κ2) is 14.7. The number of carboxylic acids is 3. The molecule has 0 saturated carbocycles. The highest BCUT2D eigenvalue weighted by molar-refractivity contribution is 6.30. The van der Waals surface area contributed by atoms with Gasteiger partial charge in [0.15, 0.2) is 6.10 Å². The Balaban J connectivity index is 0.000000173. The third-order valence-corrected chi connectivity index (χ3v) is 6.58. The van der Waals surface area contributed by atoms with Crippen molar-refractivity contribution in [2.45, 2.75) is 45.6 Å². The molecule has 10 heteroatoms. The molecule has 0 aliphatic rings. The molecule has 0 fully saturated rings. The number of aryl methyl sites for hydroxylation is 1. The van der Waals surface area contributed by atoms with Crippen molar-refractivity contribution >= 4 is 51.3 Å². The summed E-state index contributed by atoms with van der Waals surface area (Å²) in [7, 11) is 0. The second-order valence-electron chi connectivity index (χ2n) is 9.57. The number of aromatic nitrogens is 2. The van der Waals surface area contributed by atoms with E-state index >= 15 is 0 Å². The number of aromatic amines is 2. The summed E-state index contributed by atoms with van der Waals surface area (Å²) in [6.45, 7) is 5.18. The first-order valence-corrected chi connectivity index (χ1v) is 13.6. The summed E-state index contributed by atoms with van der Waals surface area (Å²) in [5, 5.41) is 29.0. The molecule has 2 heterocycles. The highest BCUT2D eigenvalue weighted by Crippen LogP contribution is 2.24. The van der Waals surface area contributed by atoms with Crippen LogP contribution in [0, 0.1) is 6.92 Å². The van der Waals surface area contributed by atoms with Gasteiger partial charge in [0.2, 0.25) is 0 Å². The normalized spacial score (nSPS) is 11.9. The number of benzene rings is 3. The lowest BCUT2D eigenvalue weighted by Gasteiger charge is -2.12. The van der Waals surface area contributed by atoms with Crippen molar-refractivity contribution in [3.63, 3.8) is 0 Å². The van der Waals surface area contributed by atoms with Gasteiger partial charge in [0, 0.05) is 27.4 Å². The maximum absolute atomic E-state index is 11.0. The molecule has 9 nitrogen and oxygen atoms in total. The highest BCUT2D eigenvalue weighted by Gasteiger charge is 2.19. The molecule has 2 atom stereocenters. The Kier molecular flexibility index (Phi) is 11.2. The van der Waals surface area contributed by atoms with Crippen molar-refractivity contribution < 1.29 is 34.4 Å². The van der Waals surface area contributed by atoms with Crippen LogP contribution in [0.1, 0.15) is 43.1 Å². The molecule has 0 radical (unpaired) electrons. The zero-order chi connectivity index (χ0) is 30.8. The number of hydrogen-bond acceptors (Lipinski definition) is 4. The molecule has 5 rings (SSSR count). The van der Waals surface area contributed by atoms with E-state index in [0.717, 1.165) is 38.8 Å². The average Bonchev–Trinajstić information content (AvgIpc) is 3.54. The maximum atomic E-state index is 11.0. The van der Waals surface area contributed by atoms with Crippen molar-refractivity contribution in [3.8, 4) is 5.75 Å². The van der Waals surface area contributed by atoms with Gasteiger partial charge in [0.25, 0.3) is 0 Å². The first kappa shape index (κ1) is 31.8. The van der Waals surface area contributed by atoms with Crippen molar-refractivity contribution in [1.29, 1.82) is 0 Å². The van der Waals surface area contributed by atoms with Gasteiger partial charge in [-0.15, -0.1) is 0 Å². The number of ether oxygens (including phenoxy) is 1. The van der Waals surface area contributed by atoms with Crippen molar-refractivity contribution in [2.24, 2.45) is 0 Å². The number of fused-ring (bicyclic) bond motifs is 2. The van der Waals surface area contributed by atoms with Crippen LogP contribution in [0.15, 0.2) is 78.9 Å². The van der Waals surface area contributed by atoms with Gasteiger partial charge < -0.3 is 30.0 Å². The molecule has 2 unspecified atom stereocenters. The van der Waals surface area contributed by atoms with Crippen LogP contribution in [-0.4, -0.2) is 49.3 Å². The second-order valence-corrected chi connectivity index (χ2v) is 10.0. The van der Waals surface area contributed by atoms with Crippen LogP contribution in [0.3, 0.4) is 0 Å². The third kappa shape index (κ3) is 8.87. The van der Waals surface area contributed by atoms with E-state index in [2.05, 4.69) is 9.97 Å². The quantitative estimate of drug-likeness (QED) is 0.129. The van der Waals surface area contributed by atoms with Crippen LogP contribution in [0.2, 0.25) is 5.02 Å². The minimum Gasteiger partial charge on any atom is -0.481 e. The number of H-pyrrole nitrogens is 2. The number of hydrogen-bond donors (Lipinski definition) is 5. The van der Waals surface area contributed by atoms with Crippen LogP contribution in [-0.2, 0) is 20.8 Å². The van der Waals surface area contributed by atoms with Crippen LogP contribution >= 0.6 is 11.6 Å². The van der Waals surface area contributed by atoms with E-state index in [9.17, 15) is 14.4 Å². The molecular weight excluding hydrogens is 560 g/mol. The lowest BCUT2D eigenvalue weighted by atomic mass is 10.0. The average molecular weight is 593 g/mol. The number of rotatable bonds is 8. The molecule has 0 aliphatic carbocycles. The monoisotopic (exact) mass is 592 g/mol. The van der Waals surface area contributed by atoms with Gasteiger partial charge in [-0.2, -0.15) is 0 Å². The van der Waals surface area contributed by atoms with Gasteiger partial charge in [-0.05, 0) is 79.1 Å². The van der Waals surface area contributed by atoms with Crippen LogP contribution in [0.25, 0.3) is 21.8 Å². The number of halogens is 1. The molecular formula is C32H33ClN2O7. The number of nitrogens with one attached hydrogen (secondary N) is 2. The largest absolute Gasteiger partial charge is 0.481 e. The highest BCUT2D eigenvalue weighted by atomic mass is 35.5.